The molecular weight excluding hydrogens is 237 g/mol. The Morgan fingerprint density at radius 1 is 1.47 bits per heavy atom. The summed E-state index contributed by atoms with van der Waals surface area (Å²) in [5.74, 6) is 0.717. The molecule has 17 heavy (non-hydrogen) atoms. The molecule has 0 bridgehead atoms. The van der Waals surface area contributed by atoms with Crippen LogP contribution in [-0.4, -0.2) is 6.54 Å². The van der Waals surface area contributed by atoms with E-state index in [9.17, 15) is 4.39 Å². The summed E-state index contributed by atoms with van der Waals surface area (Å²) < 4.78 is 13.8. The Hall–Kier alpha value is -0.600. The summed E-state index contributed by atoms with van der Waals surface area (Å²) >= 11 is 5.94. The minimum absolute atomic E-state index is 0.0966. The standard InChI is InChI=1S/C14H19ClFN/c1-2-17-14(8-5-10-3-4-10)12-9-11(15)6-7-13(12)16/h6-7,9-10,14,17H,2-5,8H2,1H3. The normalized spacial score (nSPS) is 17.1. The van der Waals surface area contributed by atoms with E-state index in [4.69, 9.17) is 11.6 Å². The molecule has 0 aromatic heterocycles. The summed E-state index contributed by atoms with van der Waals surface area (Å²) in [5.41, 5.74) is 0.708. The average molecular weight is 256 g/mol. The van der Waals surface area contributed by atoms with Crippen molar-refractivity contribution in [2.45, 2.75) is 38.6 Å². The van der Waals surface area contributed by atoms with Crippen LogP contribution in [0.15, 0.2) is 18.2 Å². The monoisotopic (exact) mass is 255 g/mol. The highest BCUT2D eigenvalue weighted by Gasteiger charge is 2.23. The van der Waals surface area contributed by atoms with E-state index in [2.05, 4.69) is 5.32 Å². The molecular formula is C14H19ClFN. The quantitative estimate of drug-likeness (QED) is 0.798. The second kappa shape index (κ2) is 5.83. The Kier molecular flexibility index (Phi) is 4.41. The zero-order chi connectivity index (χ0) is 12.3. The molecule has 0 heterocycles. The van der Waals surface area contributed by atoms with Gasteiger partial charge in [-0.3, -0.25) is 0 Å². The van der Waals surface area contributed by atoms with Crippen LogP contribution in [-0.2, 0) is 0 Å². The van der Waals surface area contributed by atoms with Crippen molar-refractivity contribution in [1.29, 1.82) is 0 Å². The van der Waals surface area contributed by atoms with Crippen molar-refractivity contribution in [2.75, 3.05) is 6.54 Å². The number of hydrogen-bond donors (Lipinski definition) is 1. The Bertz CT molecular complexity index is 376. The fraction of sp³-hybridized carbons (Fsp3) is 0.571. The predicted molar refractivity (Wildman–Crippen MR) is 69.8 cm³/mol. The topological polar surface area (TPSA) is 12.0 Å². The second-order valence-corrected chi connectivity index (χ2v) is 5.23. The molecule has 94 valence electrons. The maximum atomic E-state index is 13.8. The first-order chi connectivity index (χ1) is 8.20. The lowest BCUT2D eigenvalue weighted by molar-refractivity contribution is 0.460. The summed E-state index contributed by atoms with van der Waals surface area (Å²) in [7, 11) is 0. The SMILES string of the molecule is CCNC(CCC1CC1)c1cc(Cl)ccc1F. The molecule has 0 radical (unpaired) electrons. The van der Waals surface area contributed by atoms with Crippen LogP contribution in [0.5, 0.6) is 0 Å². The number of halogens is 2. The van der Waals surface area contributed by atoms with Gasteiger partial charge in [-0.25, -0.2) is 4.39 Å². The van der Waals surface area contributed by atoms with E-state index in [0.29, 0.717) is 10.6 Å². The van der Waals surface area contributed by atoms with Crippen molar-refractivity contribution in [1.82, 2.24) is 5.32 Å². The molecule has 1 fully saturated rings. The van der Waals surface area contributed by atoms with Crippen LogP contribution >= 0.6 is 11.6 Å². The third-order valence-electron chi connectivity index (χ3n) is 3.34. The van der Waals surface area contributed by atoms with Gasteiger partial charge < -0.3 is 5.32 Å². The van der Waals surface area contributed by atoms with Gasteiger partial charge in [-0.2, -0.15) is 0 Å². The van der Waals surface area contributed by atoms with E-state index in [1.165, 1.54) is 25.3 Å². The largest absolute Gasteiger partial charge is 0.310 e. The predicted octanol–water partition coefficient (Wildman–Crippen LogP) is 4.32. The minimum Gasteiger partial charge on any atom is -0.310 e. The van der Waals surface area contributed by atoms with E-state index in [-0.39, 0.29) is 11.9 Å². The first-order valence-corrected chi connectivity index (χ1v) is 6.76. The number of rotatable bonds is 6. The fourth-order valence-corrected chi connectivity index (χ4v) is 2.39. The molecule has 1 aromatic rings. The van der Waals surface area contributed by atoms with Gasteiger partial charge in [0.15, 0.2) is 0 Å². The van der Waals surface area contributed by atoms with Gasteiger partial charge in [0.2, 0.25) is 0 Å². The molecule has 1 atom stereocenters. The maximum Gasteiger partial charge on any atom is 0.128 e. The molecule has 1 aliphatic rings. The van der Waals surface area contributed by atoms with Gasteiger partial charge >= 0.3 is 0 Å². The molecule has 0 saturated heterocycles. The maximum absolute atomic E-state index is 13.8. The summed E-state index contributed by atoms with van der Waals surface area (Å²) in [6, 6.07) is 4.90. The van der Waals surface area contributed by atoms with Crippen LogP contribution in [0.3, 0.4) is 0 Å². The van der Waals surface area contributed by atoms with Crippen LogP contribution in [0.25, 0.3) is 0 Å². The van der Waals surface area contributed by atoms with Gasteiger partial charge in [-0.1, -0.05) is 31.4 Å². The van der Waals surface area contributed by atoms with Gasteiger partial charge in [0.1, 0.15) is 5.82 Å². The van der Waals surface area contributed by atoms with E-state index in [0.717, 1.165) is 18.9 Å². The summed E-state index contributed by atoms with van der Waals surface area (Å²) in [6.07, 6.45) is 4.87. The Morgan fingerprint density at radius 3 is 2.88 bits per heavy atom. The fourth-order valence-electron chi connectivity index (χ4n) is 2.20. The molecule has 1 aromatic carbocycles. The van der Waals surface area contributed by atoms with Gasteiger partial charge in [-0.15, -0.1) is 0 Å². The molecule has 1 saturated carbocycles. The Morgan fingerprint density at radius 2 is 2.24 bits per heavy atom. The van der Waals surface area contributed by atoms with Gasteiger partial charge in [0.25, 0.3) is 0 Å². The van der Waals surface area contributed by atoms with E-state index in [1.54, 1.807) is 12.1 Å². The lowest BCUT2D eigenvalue weighted by Crippen LogP contribution is -2.22. The highest BCUT2D eigenvalue weighted by Crippen LogP contribution is 2.36. The highest BCUT2D eigenvalue weighted by atomic mass is 35.5. The third-order valence-corrected chi connectivity index (χ3v) is 3.58. The van der Waals surface area contributed by atoms with Crippen molar-refractivity contribution in [3.8, 4) is 0 Å². The first-order valence-electron chi connectivity index (χ1n) is 6.39. The van der Waals surface area contributed by atoms with E-state index in [1.807, 2.05) is 6.92 Å². The highest BCUT2D eigenvalue weighted by molar-refractivity contribution is 6.30. The molecule has 1 N–H and O–H groups in total. The minimum atomic E-state index is -0.156. The van der Waals surface area contributed by atoms with Crippen molar-refractivity contribution in [3.63, 3.8) is 0 Å². The molecule has 3 heteroatoms. The van der Waals surface area contributed by atoms with Crippen LogP contribution in [0.1, 0.15) is 44.2 Å². The van der Waals surface area contributed by atoms with Gasteiger partial charge in [-0.05, 0) is 43.5 Å². The number of benzene rings is 1. The number of nitrogens with one attached hydrogen (secondary N) is 1. The van der Waals surface area contributed by atoms with Crippen LogP contribution < -0.4 is 5.32 Å². The lowest BCUT2D eigenvalue weighted by Gasteiger charge is -2.19. The molecule has 1 nitrogen and oxygen atoms in total. The van der Waals surface area contributed by atoms with Gasteiger partial charge in [0, 0.05) is 16.6 Å². The van der Waals surface area contributed by atoms with Gasteiger partial charge in [0.05, 0.1) is 0 Å². The van der Waals surface area contributed by atoms with Crippen LogP contribution in [0.2, 0.25) is 5.02 Å². The zero-order valence-electron chi connectivity index (χ0n) is 10.2. The molecule has 2 rings (SSSR count). The third kappa shape index (κ3) is 3.68. The van der Waals surface area contributed by atoms with Crippen LogP contribution in [0.4, 0.5) is 4.39 Å². The molecule has 0 aliphatic heterocycles. The molecule has 1 aliphatic carbocycles. The summed E-state index contributed by atoms with van der Waals surface area (Å²) in [5, 5.41) is 3.96. The second-order valence-electron chi connectivity index (χ2n) is 4.80. The molecule has 0 amide bonds. The van der Waals surface area contributed by atoms with Crippen molar-refractivity contribution >= 4 is 11.6 Å². The Balaban J connectivity index is 2.08. The van der Waals surface area contributed by atoms with E-state index >= 15 is 0 Å². The van der Waals surface area contributed by atoms with E-state index < -0.39 is 0 Å². The summed E-state index contributed by atoms with van der Waals surface area (Å²) in [4.78, 5) is 0. The van der Waals surface area contributed by atoms with Crippen molar-refractivity contribution in [2.24, 2.45) is 5.92 Å². The molecule has 1 unspecified atom stereocenters. The first kappa shape index (κ1) is 12.8. The van der Waals surface area contributed by atoms with Crippen molar-refractivity contribution < 1.29 is 4.39 Å². The zero-order valence-corrected chi connectivity index (χ0v) is 10.9. The molecule has 0 spiro atoms. The summed E-state index contributed by atoms with van der Waals surface area (Å²) in [6.45, 7) is 2.90. The smallest absolute Gasteiger partial charge is 0.128 e. The lowest BCUT2D eigenvalue weighted by atomic mass is 10.00. The Labute approximate surface area is 107 Å². The van der Waals surface area contributed by atoms with Crippen LogP contribution in [0, 0.1) is 11.7 Å². The number of hydrogen-bond acceptors (Lipinski definition) is 1. The van der Waals surface area contributed by atoms with Crippen molar-refractivity contribution in [3.05, 3.63) is 34.6 Å². The average Bonchev–Trinajstić information content (AvgIpc) is 3.12.